The molecular weight excluding hydrogens is 416 g/mol. The average Bonchev–Trinajstić information content (AvgIpc) is 3.24. The van der Waals surface area contributed by atoms with E-state index in [1.807, 2.05) is 18.2 Å². The molecule has 3 rings (SSSR count). The second kappa shape index (κ2) is 9.78. The lowest BCUT2D eigenvalue weighted by Gasteiger charge is -2.16. The van der Waals surface area contributed by atoms with Crippen molar-refractivity contribution in [1.29, 1.82) is 0 Å². The number of nitrogens with one attached hydrogen (secondary N) is 1. The van der Waals surface area contributed by atoms with Crippen LogP contribution < -0.4 is 5.32 Å². The van der Waals surface area contributed by atoms with Crippen molar-refractivity contribution in [1.82, 2.24) is 9.62 Å². The van der Waals surface area contributed by atoms with Crippen LogP contribution in [0.4, 0.5) is 0 Å². The van der Waals surface area contributed by atoms with Crippen LogP contribution in [0.1, 0.15) is 29.6 Å². The Morgan fingerprint density at radius 2 is 1.82 bits per heavy atom. The van der Waals surface area contributed by atoms with E-state index in [1.165, 1.54) is 27.4 Å². The lowest BCUT2D eigenvalue weighted by atomic mass is 10.2. The monoisotopic (exact) mass is 438 g/mol. The van der Waals surface area contributed by atoms with E-state index < -0.39 is 10.0 Å². The normalized spacial score (nSPS) is 14.9. The van der Waals surface area contributed by atoms with E-state index in [0.29, 0.717) is 19.6 Å². The van der Waals surface area contributed by atoms with Gasteiger partial charge in [0, 0.05) is 24.5 Å². The van der Waals surface area contributed by atoms with Crippen LogP contribution in [0, 0.1) is 0 Å². The van der Waals surface area contributed by atoms with E-state index in [-0.39, 0.29) is 21.4 Å². The van der Waals surface area contributed by atoms with Crippen LogP contribution in [-0.4, -0.2) is 44.0 Å². The van der Waals surface area contributed by atoms with E-state index >= 15 is 0 Å². The van der Waals surface area contributed by atoms with Crippen molar-refractivity contribution in [3.05, 3.63) is 59.1 Å². The number of nitrogens with zero attached hydrogens (tertiary/aromatic N) is 1. The summed E-state index contributed by atoms with van der Waals surface area (Å²) in [7, 11) is -3.58. The van der Waals surface area contributed by atoms with Gasteiger partial charge in [0.2, 0.25) is 10.0 Å². The number of halogens is 1. The molecule has 1 aliphatic heterocycles. The fourth-order valence-corrected chi connectivity index (χ4v) is 5.61. The van der Waals surface area contributed by atoms with Crippen molar-refractivity contribution in [3.63, 3.8) is 0 Å². The van der Waals surface area contributed by atoms with E-state index in [0.717, 1.165) is 25.0 Å². The van der Waals surface area contributed by atoms with Gasteiger partial charge in [0.25, 0.3) is 5.91 Å². The number of sulfonamides is 1. The van der Waals surface area contributed by atoms with Gasteiger partial charge in [-0.3, -0.25) is 4.79 Å². The maximum absolute atomic E-state index is 12.7. The van der Waals surface area contributed by atoms with Crippen LogP contribution in [0.15, 0.2) is 58.3 Å². The van der Waals surface area contributed by atoms with Gasteiger partial charge in [0.1, 0.15) is 0 Å². The van der Waals surface area contributed by atoms with E-state index in [1.54, 1.807) is 11.8 Å². The molecule has 5 nitrogen and oxygen atoms in total. The summed E-state index contributed by atoms with van der Waals surface area (Å²) in [5.74, 6) is 0.523. The van der Waals surface area contributed by atoms with E-state index in [2.05, 4.69) is 17.4 Å². The minimum absolute atomic E-state index is 0.114. The predicted octanol–water partition coefficient (Wildman–Crippen LogP) is 4.04. The topological polar surface area (TPSA) is 66.5 Å². The molecule has 1 heterocycles. The Hall–Kier alpha value is -1.54. The minimum atomic E-state index is -3.58. The highest BCUT2D eigenvalue weighted by molar-refractivity contribution is 7.99. The smallest absolute Gasteiger partial charge is 0.252 e. The lowest BCUT2D eigenvalue weighted by molar-refractivity contribution is 0.0953. The first-order valence-electron chi connectivity index (χ1n) is 9.24. The molecule has 0 unspecified atom stereocenters. The highest BCUT2D eigenvalue weighted by Gasteiger charge is 2.28. The van der Waals surface area contributed by atoms with Gasteiger partial charge >= 0.3 is 0 Å². The zero-order chi connectivity index (χ0) is 20.0. The first kappa shape index (κ1) is 21.2. The maximum atomic E-state index is 12.7. The van der Waals surface area contributed by atoms with E-state index in [9.17, 15) is 13.2 Å². The molecule has 0 aliphatic carbocycles. The summed E-state index contributed by atoms with van der Waals surface area (Å²) in [6, 6.07) is 14.4. The summed E-state index contributed by atoms with van der Waals surface area (Å²) in [5, 5.41) is 3.08. The van der Waals surface area contributed by atoms with Gasteiger partial charge in [-0.25, -0.2) is 8.42 Å². The van der Waals surface area contributed by atoms with Crippen molar-refractivity contribution >= 4 is 39.3 Å². The second-order valence-corrected chi connectivity index (χ2v) is 10.0. The quantitative estimate of drug-likeness (QED) is 0.499. The zero-order valence-corrected chi connectivity index (χ0v) is 17.8. The molecule has 0 atom stereocenters. The number of hydrogen-bond donors (Lipinski definition) is 1. The Morgan fingerprint density at radius 1 is 1.11 bits per heavy atom. The van der Waals surface area contributed by atoms with Gasteiger partial charge in [0.05, 0.1) is 15.5 Å². The molecule has 0 spiro atoms. The van der Waals surface area contributed by atoms with Crippen LogP contribution in [0.25, 0.3) is 0 Å². The molecule has 2 aromatic carbocycles. The van der Waals surface area contributed by atoms with Crippen molar-refractivity contribution in [2.24, 2.45) is 0 Å². The van der Waals surface area contributed by atoms with Crippen molar-refractivity contribution < 1.29 is 13.2 Å². The summed E-state index contributed by atoms with van der Waals surface area (Å²) in [5.41, 5.74) is 0.192. The van der Waals surface area contributed by atoms with Gasteiger partial charge in [-0.2, -0.15) is 4.31 Å². The minimum Gasteiger partial charge on any atom is -0.352 e. The number of thioether (sulfide) groups is 1. The summed E-state index contributed by atoms with van der Waals surface area (Å²) in [6.45, 7) is 1.54. The molecule has 0 radical (unpaired) electrons. The third-order valence-corrected chi connectivity index (χ3v) is 7.83. The van der Waals surface area contributed by atoms with Crippen LogP contribution in [0.3, 0.4) is 0 Å². The van der Waals surface area contributed by atoms with Crippen molar-refractivity contribution in [3.8, 4) is 0 Å². The maximum Gasteiger partial charge on any atom is 0.252 e. The predicted molar refractivity (Wildman–Crippen MR) is 114 cm³/mol. The fraction of sp³-hybridized carbons (Fsp3) is 0.350. The molecule has 1 amide bonds. The average molecular weight is 439 g/mol. The number of carbonyl (C=O) groups is 1. The molecule has 0 saturated carbocycles. The third-order valence-electron chi connectivity index (χ3n) is 4.50. The summed E-state index contributed by atoms with van der Waals surface area (Å²) in [4.78, 5) is 13.8. The largest absolute Gasteiger partial charge is 0.352 e. The Morgan fingerprint density at radius 3 is 2.54 bits per heavy atom. The molecule has 0 bridgehead atoms. The molecule has 2 aromatic rings. The molecule has 28 heavy (non-hydrogen) atoms. The Bertz CT molecular complexity index is 914. The SMILES string of the molecule is O=C(NCCCSc1ccccc1)c1cc(S(=O)(=O)N2CCCC2)ccc1Cl. The molecule has 8 heteroatoms. The number of benzene rings is 2. The van der Waals surface area contributed by atoms with Gasteiger partial charge in [-0.05, 0) is 55.3 Å². The van der Waals surface area contributed by atoms with Gasteiger partial charge < -0.3 is 5.32 Å². The summed E-state index contributed by atoms with van der Waals surface area (Å²) >= 11 is 7.88. The standard InChI is InChI=1S/C20H23ClN2O3S2/c21-19-10-9-17(28(25,26)23-12-4-5-13-23)15-18(19)20(24)22-11-6-14-27-16-7-2-1-3-8-16/h1-3,7-10,15H,4-6,11-14H2,(H,22,24). The summed E-state index contributed by atoms with van der Waals surface area (Å²) in [6.07, 6.45) is 2.52. The molecule has 1 saturated heterocycles. The number of carbonyl (C=O) groups excluding carboxylic acids is 1. The van der Waals surface area contributed by atoms with Crippen LogP contribution in [0.5, 0.6) is 0 Å². The van der Waals surface area contributed by atoms with E-state index in [4.69, 9.17) is 11.6 Å². The zero-order valence-electron chi connectivity index (χ0n) is 15.4. The van der Waals surface area contributed by atoms with Crippen molar-refractivity contribution in [2.75, 3.05) is 25.4 Å². The highest BCUT2D eigenvalue weighted by Crippen LogP contribution is 2.25. The number of rotatable bonds is 8. The van der Waals surface area contributed by atoms with Gasteiger partial charge in [-0.15, -0.1) is 11.8 Å². The van der Waals surface area contributed by atoms with Gasteiger partial charge in [0.15, 0.2) is 0 Å². The number of hydrogen-bond acceptors (Lipinski definition) is 4. The molecular formula is C20H23ClN2O3S2. The summed E-state index contributed by atoms with van der Waals surface area (Å²) < 4.78 is 26.9. The highest BCUT2D eigenvalue weighted by atomic mass is 35.5. The van der Waals surface area contributed by atoms with Crippen LogP contribution >= 0.6 is 23.4 Å². The third kappa shape index (κ3) is 5.29. The fourth-order valence-electron chi connectivity index (χ4n) is 2.99. The van der Waals surface area contributed by atoms with Crippen LogP contribution in [-0.2, 0) is 10.0 Å². The Labute approximate surface area is 175 Å². The second-order valence-electron chi connectivity index (χ2n) is 6.52. The molecule has 1 fully saturated rings. The molecule has 150 valence electrons. The molecule has 0 aromatic heterocycles. The van der Waals surface area contributed by atoms with Crippen molar-refractivity contribution in [2.45, 2.75) is 29.1 Å². The van der Waals surface area contributed by atoms with Gasteiger partial charge in [-0.1, -0.05) is 29.8 Å². The molecule has 1 N–H and O–H groups in total. The first-order valence-corrected chi connectivity index (χ1v) is 12.0. The first-order chi connectivity index (χ1) is 13.5. The Kier molecular flexibility index (Phi) is 7.40. The molecule has 1 aliphatic rings. The number of amides is 1. The lowest BCUT2D eigenvalue weighted by Crippen LogP contribution is -2.29. The van der Waals surface area contributed by atoms with Crippen LogP contribution in [0.2, 0.25) is 5.02 Å². The Balaban J connectivity index is 1.57.